The van der Waals surface area contributed by atoms with E-state index in [4.69, 9.17) is 27.9 Å². The molecule has 0 saturated carbocycles. The number of hydrogen-bond acceptors (Lipinski definition) is 5. The lowest BCUT2D eigenvalue weighted by Crippen LogP contribution is -2.20. The highest BCUT2D eigenvalue weighted by Gasteiger charge is 2.12. The zero-order valence-corrected chi connectivity index (χ0v) is 16.5. The number of rotatable bonds is 8. The van der Waals surface area contributed by atoms with Crippen LogP contribution in [0.5, 0.6) is 0 Å². The summed E-state index contributed by atoms with van der Waals surface area (Å²) in [5.41, 5.74) is 1.71. The third-order valence-corrected chi connectivity index (χ3v) is 4.30. The normalized spacial score (nSPS) is 11.0. The van der Waals surface area contributed by atoms with Crippen LogP contribution in [0.25, 0.3) is 6.08 Å². The SMILES string of the molecule is CCCCn1nc(C)c(/C=C/C(=O)OCC(=O)Nc2cccnc2Cl)c1Cl. The topological polar surface area (TPSA) is 86.1 Å². The molecule has 0 unspecified atom stereocenters. The van der Waals surface area contributed by atoms with Crippen LogP contribution in [-0.4, -0.2) is 33.2 Å². The summed E-state index contributed by atoms with van der Waals surface area (Å²) in [5, 5.41) is 7.49. The van der Waals surface area contributed by atoms with Crippen LogP contribution in [-0.2, 0) is 20.9 Å². The third-order valence-electron chi connectivity index (χ3n) is 3.60. The molecule has 9 heteroatoms. The number of nitrogens with one attached hydrogen (secondary N) is 1. The summed E-state index contributed by atoms with van der Waals surface area (Å²) in [6, 6.07) is 3.22. The molecule has 27 heavy (non-hydrogen) atoms. The van der Waals surface area contributed by atoms with Crippen molar-refractivity contribution in [1.29, 1.82) is 0 Å². The molecule has 144 valence electrons. The number of halogens is 2. The molecular weight excluding hydrogens is 391 g/mol. The number of unbranched alkanes of at least 4 members (excludes halogenated alkanes) is 1. The molecule has 0 aromatic carbocycles. The van der Waals surface area contributed by atoms with E-state index in [1.165, 1.54) is 18.3 Å². The second-order valence-corrected chi connectivity index (χ2v) is 6.41. The number of nitrogens with zero attached hydrogens (tertiary/aromatic N) is 3. The Morgan fingerprint density at radius 1 is 1.37 bits per heavy atom. The summed E-state index contributed by atoms with van der Waals surface area (Å²) in [6.07, 6.45) is 6.23. The summed E-state index contributed by atoms with van der Waals surface area (Å²) in [5.74, 6) is -1.19. The van der Waals surface area contributed by atoms with Gasteiger partial charge in [0.05, 0.1) is 11.4 Å². The predicted molar refractivity (Wildman–Crippen MR) is 105 cm³/mol. The molecule has 2 heterocycles. The molecule has 2 aromatic heterocycles. The Hall–Kier alpha value is -2.38. The smallest absolute Gasteiger partial charge is 0.331 e. The van der Waals surface area contributed by atoms with Crippen LogP contribution in [0.2, 0.25) is 10.3 Å². The van der Waals surface area contributed by atoms with E-state index >= 15 is 0 Å². The lowest BCUT2D eigenvalue weighted by molar-refractivity contribution is -0.142. The van der Waals surface area contributed by atoms with Gasteiger partial charge in [-0.05, 0) is 31.6 Å². The number of hydrogen-bond donors (Lipinski definition) is 1. The van der Waals surface area contributed by atoms with Gasteiger partial charge in [0.25, 0.3) is 5.91 Å². The number of carbonyl (C=O) groups excluding carboxylic acids is 2. The molecule has 0 spiro atoms. The second kappa shape index (κ2) is 10.1. The maximum Gasteiger partial charge on any atom is 0.331 e. The van der Waals surface area contributed by atoms with Gasteiger partial charge in [0, 0.05) is 24.4 Å². The number of aromatic nitrogens is 3. The molecule has 0 atom stereocenters. The van der Waals surface area contributed by atoms with Crippen LogP contribution >= 0.6 is 23.2 Å². The minimum absolute atomic E-state index is 0.155. The largest absolute Gasteiger partial charge is 0.452 e. The van der Waals surface area contributed by atoms with Crippen LogP contribution in [0.15, 0.2) is 24.4 Å². The Bertz CT molecular complexity index is 849. The first kappa shape index (κ1) is 20.9. The van der Waals surface area contributed by atoms with E-state index in [0.717, 1.165) is 12.8 Å². The molecule has 0 fully saturated rings. The summed E-state index contributed by atoms with van der Waals surface area (Å²) < 4.78 is 6.62. The first-order chi connectivity index (χ1) is 12.9. The Morgan fingerprint density at radius 2 is 2.15 bits per heavy atom. The molecule has 0 saturated heterocycles. The number of aryl methyl sites for hydroxylation is 2. The number of amides is 1. The fourth-order valence-corrected chi connectivity index (χ4v) is 2.70. The fraction of sp³-hybridized carbons (Fsp3) is 0.333. The maximum absolute atomic E-state index is 11.8. The summed E-state index contributed by atoms with van der Waals surface area (Å²) in [4.78, 5) is 27.5. The lowest BCUT2D eigenvalue weighted by Gasteiger charge is -2.06. The van der Waals surface area contributed by atoms with Gasteiger partial charge in [-0.15, -0.1) is 0 Å². The molecule has 2 aromatic rings. The number of ether oxygens (including phenoxy) is 1. The van der Waals surface area contributed by atoms with Crippen molar-refractivity contribution in [3.63, 3.8) is 0 Å². The molecule has 1 amide bonds. The molecular formula is C18H20Cl2N4O3. The molecule has 0 aliphatic carbocycles. The highest BCUT2D eigenvalue weighted by molar-refractivity contribution is 6.32. The van der Waals surface area contributed by atoms with Crippen molar-refractivity contribution in [2.24, 2.45) is 0 Å². The molecule has 2 rings (SSSR count). The minimum Gasteiger partial charge on any atom is -0.452 e. The highest BCUT2D eigenvalue weighted by Crippen LogP contribution is 2.22. The van der Waals surface area contributed by atoms with E-state index < -0.39 is 18.5 Å². The van der Waals surface area contributed by atoms with Crippen LogP contribution in [0, 0.1) is 6.92 Å². The van der Waals surface area contributed by atoms with Gasteiger partial charge < -0.3 is 10.1 Å². The Balaban J connectivity index is 1.89. The van der Waals surface area contributed by atoms with Gasteiger partial charge in [0.15, 0.2) is 11.8 Å². The summed E-state index contributed by atoms with van der Waals surface area (Å²) in [7, 11) is 0. The highest BCUT2D eigenvalue weighted by atomic mass is 35.5. The van der Waals surface area contributed by atoms with Crippen LogP contribution < -0.4 is 5.32 Å². The first-order valence-electron chi connectivity index (χ1n) is 8.40. The van der Waals surface area contributed by atoms with Gasteiger partial charge in [-0.3, -0.25) is 9.48 Å². The van der Waals surface area contributed by atoms with E-state index in [1.54, 1.807) is 16.8 Å². The van der Waals surface area contributed by atoms with Crippen molar-refractivity contribution >= 4 is 46.8 Å². The molecule has 7 nitrogen and oxygen atoms in total. The molecule has 0 aliphatic heterocycles. The average molecular weight is 411 g/mol. The predicted octanol–water partition coefficient (Wildman–Crippen LogP) is 3.89. The van der Waals surface area contributed by atoms with Crippen molar-refractivity contribution in [3.05, 3.63) is 46.0 Å². The van der Waals surface area contributed by atoms with Gasteiger partial charge in [-0.25, -0.2) is 9.78 Å². The summed E-state index contributed by atoms with van der Waals surface area (Å²) in [6.45, 7) is 4.16. The molecule has 1 N–H and O–H groups in total. The van der Waals surface area contributed by atoms with Crippen LogP contribution in [0.3, 0.4) is 0 Å². The zero-order chi connectivity index (χ0) is 19.8. The van der Waals surface area contributed by atoms with Crippen molar-refractivity contribution < 1.29 is 14.3 Å². The second-order valence-electron chi connectivity index (χ2n) is 5.70. The zero-order valence-electron chi connectivity index (χ0n) is 15.0. The fourth-order valence-electron chi connectivity index (χ4n) is 2.21. The summed E-state index contributed by atoms with van der Waals surface area (Å²) >= 11 is 12.1. The van der Waals surface area contributed by atoms with Gasteiger partial charge in [0.2, 0.25) is 0 Å². The van der Waals surface area contributed by atoms with E-state index in [1.807, 2.05) is 6.92 Å². The van der Waals surface area contributed by atoms with Crippen LogP contribution in [0.4, 0.5) is 5.69 Å². The molecule has 0 aliphatic rings. The van der Waals surface area contributed by atoms with Crippen molar-refractivity contribution in [2.75, 3.05) is 11.9 Å². The van der Waals surface area contributed by atoms with Crippen molar-refractivity contribution in [3.8, 4) is 0 Å². The monoisotopic (exact) mass is 410 g/mol. The number of esters is 1. The third kappa shape index (κ3) is 6.08. The number of pyridine rings is 1. The van der Waals surface area contributed by atoms with E-state index in [9.17, 15) is 9.59 Å². The number of anilines is 1. The average Bonchev–Trinajstić information content (AvgIpc) is 2.91. The molecule has 0 radical (unpaired) electrons. The Morgan fingerprint density at radius 3 is 2.85 bits per heavy atom. The van der Waals surface area contributed by atoms with Crippen molar-refractivity contribution in [1.82, 2.24) is 14.8 Å². The minimum atomic E-state index is -0.667. The number of carbonyl (C=O) groups is 2. The van der Waals surface area contributed by atoms with Crippen LogP contribution in [0.1, 0.15) is 31.0 Å². The van der Waals surface area contributed by atoms with E-state index in [0.29, 0.717) is 28.6 Å². The van der Waals surface area contributed by atoms with E-state index in [-0.39, 0.29) is 5.15 Å². The van der Waals surface area contributed by atoms with Crippen molar-refractivity contribution in [2.45, 2.75) is 33.2 Å². The Kier molecular flexibility index (Phi) is 7.82. The molecule has 0 bridgehead atoms. The Labute approximate surface area is 167 Å². The van der Waals surface area contributed by atoms with Gasteiger partial charge in [-0.2, -0.15) is 5.10 Å². The lowest BCUT2D eigenvalue weighted by atomic mass is 10.2. The van der Waals surface area contributed by atoms with Gasteiger partial charge >= 0.3 is 5.97 Å². The standard InChI is InChI=1S/C18H20Cl2N4O3/c1-3-4-10-24-18(20)13(12(2)23-24)7-8-16(26)27-11-15(25)22-14-6-5-9-21-17(14)19/h5-9H,3-4,10-11H2,1-2H3,(H,22,25)/b8-7+. The maximum atomic E-state index is 11.8. The van der Waals surface area contributed by atoms with Gasteiger partial charge in [0.1, 0.15) is 5.15 Å². The van der Waals surface area contributed by atoms with E-state index in [2.05, 4.69) is 22.3 Å². The first-order valence-corrected chi connectivity index (χ1v) is 9.16. The van der Waals surface area contributed by atoms with Gasteiger partial charge in [-0.1, -0.05) is 36.5 Å². The quantitative estimate of drug-likeness (QED) is 0.405.